The molecule has 0 radical (unpaired) electrons. The predicted octanol–water partition coefficient (Wildman–Crippen LogP) is 4.40. The lowest BCUT2D eigenvalue weighted by molar-refractivity contribution is -0.174. The van der Waals surface area contributed by atoms with Crippen molar-refractivity contribution in [1.82, 2.24) is 4.90 Å². The summed E-state index contributed by atoms with van der Waals surface area (Å²) in [4.78, 5) is 27.8. The molecule has 3 rings (SSSR count). The summed E-state index contributed by atoms with van der Waals surface area (Å²) in [5.74, 6) is -0.490. The third kappa shape index (κ3) is 5.00. The van der Waals surface area contributed by atoms with Crippen molar-refractivity contribution in [2.24, 2.45) is 0 Å². The highest BCUT2D eigenvalue weighted by atomic mass is 16.6. The predicted molar refractivity (Wildman–Crippen MR) is 113 cm³/mol. The Balaban J connectivity index is 2.11. The third-order valence-corrected chi connectivity index (χ3v) is 4.95. The molecule has 3 atom stereocenters. The number of carbonyl (C=O) groups excluding carboxylic acids is 2. The number of carbonyl (C=O) groups is 2. The Morgan fingerprint density at radius 1 is 1.03 bits per heavy atom. The number of amides is 1. The van der Waals surface area contributed by atoms with E-state index >= 15 is 0 Å². The number of nitrogens with zero attached hydrogens (tertiary/aromatic N) is 1. The smallest absolute Gasteiger partial charge is 0.411 e. The van der Waals surface area contributed by atoms with Crippen molar-refractivity contribution >= 4 is 12.1 Å². The molecule has 1 amide bonds. The van der Waals surface area contributed by atoms with Crippen molar-refractivity contribution in [3.05, 3.63) is 71.8 Å². The zero-order chi connectivity index (χ0) is 21.7. The lowest BCUT2D eigenvalue weighted by Crippen LogP contribution is -2.55. The second-order valence-corrected chi connectivity index (χ2v) is 8.39. The SMILES string of the molecule is CC(C)(C)OC(=O)N1[C@@H](c2ccccc2)[C@@H](c2ccccc2)O[13C](=O)[C@@H]1[13CH2]CCO. The zero-order valence-corrected chi connectivity index (χ0v) is 17.7. The molecule has 2 aromatic carbocycles. The number of hydrogen-bond donors (Lipinski definition) is 1. The van der Waals surface area contributed by atoms with E-state index in [0.29, 0.717) is 12.8 Å². The van der Waals surface area contributed by atoms with E-state index in [2.05, 4.69) is 0 Å². The minimum absolute atomic E-state index is 0.0793. The Labute approximate surface area is 177 Å². The molecule has 0 unspecified atom stereocenters. The van der Waals surface area contributed by atoms with Gasteiger partial charge in [-0.2, -0.15) is 0 Å². The fraction of sp³-hybridized carbons (Fsp3) is 0.417. The molecule has 1 saturated heterocycles. The highest BCUT2D eigenvalue weighted by Gasteiger charge is 2.48. The Morgan fingerprint density at radius 2 is 1.60 bits per heavy atom. The van der Waals surface area contributed by atoms with E-state index in [-0.39, 0.29) is 6.61 Å². The quantitative estimate of drug-likeness (QED) is 0.581. The van der Waals surface area contributed by atoms with Gasteiger partial charge in [-0.3, -0.25) is 4.90 Å². The van der Waals surface area contributed by atoms with E-state index in [4.69, 9.17) is 9.47 Å². The van der Waals surface area contributed by atoms with E-state index in [1.165, 1.54) is 4.90 Å². The summed E-state index contributed by atoms with van der Waals surface area (Å²) in [7, 11) is 0. The molecule has 0 spiro atoms. The molecule has 1 heterocycles. The molecule has 0 aliphatic carbocycles. The Kier molecular flexibility index (Phi) is 6.77. The fourth-order valence-corrected chi connectivity index (χ4v) is 3.70. The number of hydrogen-bond acceptors (Lipinski definition) is 5. The van der Waals surface area contributed by atoms with Gasteiger partial charge in [0.25, 0.3) is 0 Å². The summed E-state index contributed by atoms with van der Waals surface area (Å²) in [5, 5.41) is 9.32. The van der Waals surface area contributed by atoms with Gasteiger partial charge in [0.2, 0.25) is 0 Å². The molecule has 2 aromatic rings. The Morgan fingerprint density at radius 3 is 2.13 bits per heavy atom. The van der Waals surface area contributed by atoms with Gasteiger partial charge in [-0.25, -0.2) is 9.59 Å². The number of cyclic esters (lactones) is 1. The second kappa shape index (κ2) is 9.30. The van der Waals surface area contributed by atoms with Crippen molar-refractivity contribution in [3.8, 4) is 0 Å². The van der Waals surface area contributed by atoms with Crippen LogP contribution in [-0.2, 0) is 14.3 Å². The van der Waals surface area contributed by atoms with Crippen LogP contribution in [0.1, 0.15) is 56.9 Å². The topological polar surface area (TPSA) is 76.1 Å². The number of morpholine rings is 1. The summed E-state index contributed by atoms with van der Waals surface area (Å²) in [6.45, 7) is 5.30. The van der Waals surface area contributed by atoms with Crippen LogP contribution in [0.15, 0.2) is 60.7 Å². The molecule has 1 fully saturated rings. The summed E-state index contributed by atoms with van der Waals surface area (Å²) in [6, 6.07) is 17.5. The molecule has 1 aliphatic rings. The van der Waals surface area contributed by atoms with Gasteiger partial charge in [-0.15, -0.1) is 0 Å². The lowest BCUT2D eigenvalue weighted by Gasteiger charge is -2.45. The Bertz CT molecular complexity index is 847. The van der Waals surface area contributed by atoms with Crippen LogP contribution < -0.4 is 0 Å². The van der Waals surface area contributed by atoms with Gasteiger partial charge in [-0.1, -0.05) is 60.7 Å². The van der Waals surface area contributed by atoms with Crippen LogP contribution in [0, 0.1) is 0 Å². The molecule has 30 heavy (non-hydrogen) atoms. The molecule has 0 aromatic heterocycles. The van der Waals surface area contributed by atoms with Gasteiger partial charge in [0.05, 0.1) is 0 Å². The van der Waals surface area contributed by atoms with Crippen molar-refractivity contribution in [1.29, 1.82) is 0 Å². The molecule has 6 nitrogen and oxygen atoms in total. The van der Waals surface area contributed by atoms with Gasteiger partial charge in [0.1, 0.15) is 17.7 Å². The average Bonchev–Trinajstić information content (AvgIpc) is 2.72. The van der Waals surface area contributed by atoms with Gasteiger partial charge in [0, 0.05) is 6.61 Å². The fourth-order valence-electron chi connectivity index (χ4n) is 3.70. The first-order chi connectivity index (χ1) is 14.3. The Hall–Kier alpha value is -2.86. The summed E-state index contributed by atoms with van der Waals surface area (Å²) in [6.07, 6.45) is -0.577. The number of benzene rings is 2. The number of rotatable bonds is 5. The lowest BCUT2D eigenvalue weighted by atomic mass is 9.93. The zero-order valence-electron chi connectivity index (χ0n) is 17.7. The summed E-state index contributed by atoms with van der Waals surface area (Å²) < 4.78 is 11.6. The maximum absolute atomic E-state index is 13.3. The molecular formula is C24H29NO5. The maximum Gasteiger partial charge on any atom is 0.411 e. The molecule has 6 heteroatoms. The minimum Gasteiger partial charge on any atom is -0.453 e. The first-order valence-electron chi connectivity index (χ1n) is 10.2. The number of aliphatic hydroxyl groups is 1. The molecular weight excluding hydrogens is 384 g/mol. The maximum atomic E-state index is 13.3. The van der Waals surface area contributed by atoms with E-state index in [0.717, 1.165) is 11.1 Å². The molecule has 0 saturated carbocycles. The summed E-state index contributed by atoms with van der Waals surface area (Å²) >= 11 is 0. The summed E-state index contributed by atoms with van der Waals surface area (Å²) in [5.41, 5.74) is 0.927. The van der Waals surface area contributed by atoms with Crippen LogP contribution in [0.3, 0.4) is 0 Å². The van der Waals surface area contributed by atoms with Crippen LogP contribution in [0.5, 0.6) is 0 Å². The number of aliphatic hydroxyl groups excluding tert-OH is 1. The first kappa shape index (κ1) is 21.8. The molecule has 0 bridgehead atoms. The number of esters is 1. The van der Waals surface area contributed by atoms with Crippen LogP contribution in [0.25, 0.3) is 0 Å². The van der Waals surface area contributed by atoms with Crippen LogP contribution in [0.4, 0.5) is 4.79 Å². The van der Waals surface area contributed by atoms with Crippen LogP contribution >= 0.6 is 0 Å². The van der Waals surface area contributed by atoms with Gasteiger partial charge in [0.15, 0.2) is 6.10 Å². The van der Waals surface area contributed by atoms with E-state index in [9.17, 15) is 14.7 Å². The largest absolute Gasteiger partial charge is 0.453 e. The first-order valence-corrected chi connectivity index (χ1v) is 10.2. The molecule has 160 valence electrons. The van der Waals surface area contributed by atoms with Gasteiger partial charge in [-0.05, 0) is 44.7 Å². The highest BCUT2D eigenvalue weighted by molar-refractivity contribution is 5.83. The molecule has 1 N–H and O–H groups in total. The minimum atomic E-state index is -0.836. The van der Waals surface area contributed by atoms with Crippen molar-refractivity contribution in [2.75, 3.05) is 6.61 Å². The highest BCUT2D eigenvalue weighted by Crippen LogP contribution is 2.43. The van der Waals surface area contributed by atoms with Crippen molar-refractivity contribution in [2.45, 2.75) is 57.4 Å². The van der Waals surface area contributed by atoms with E-state index < -0.39 is 35.9 Å². The monoisotopic (exact) mass is 413 g/mol. The van der Waals surface area contributed by atoms with E-state index in [1.807, 2.05) is 60.7 Å². The van der Waals surface area contributed by atoms with Crippen molar-refractivity contribution in [3.63, 3.8) is 0 Å². The number of ether oxygens (including phenoxy) is 2. The second-order valence-electron chi connectivity index (χ2n) is 8.39. The molecule has 1 aliphatic heterocycles. The average molecular weight is 413 g/mol. The van der Waals surface area contributed by atoms with Crippen LogP contribution in [0.2, 0.25) is 0 Å². The standard InChI is InChI=1S/C24H29NO5/c1-24(2,3)30-23(28)25-19(15-10-16-26)22(27)29-21(18-13-8-5-9-14-18)20(25)17-11-6-4-7-12-17/h4-9,11-14,19-21,26H,10,15-16H2,1-3H3/t19-,20-,21+/m0/s1/i15+1,22+1. The normalized spacial score (nSPS) is 21.8. The van der Waals surface area contributed by atoms with Gasteiger partial charge >= 0.3 is 12.1 Å². The van der Waals surface area contributed by atoms with Crippen LogP contribution in [-0.4, -0.2) is 40.3 Å². The van der Waals surface area contributed by atoms with Crippen molar-refractivity contribution < 1.29 is 24.2 Å². The van der Waals surface area contributed by atoms with E-state index in [1.54, 1.807) is 20.8 Å². The van der Waals surface area contributed by atoms with Gasteiger partial charge < -0.3 is 14.6 Å². The third-order valence-electron chi connectivity index (χ3n) is 4.95.